The van der Waals surface area contributed by atoms with Gasteiger partial charge in [-0.05, 0) is 45.2 Å². The van der Waals surface area contributed by atoms with E-state index in [1.165, 1.54) is 11.3 Å². The minimum Gasteiger partial charge on any atom is -0.390 e. The van der Waals surface area contributed by atoms with Crippen LogP contribution in [-0.4, -0.2) is 76.7 Å². The first-order chi connectivity index (χ1) is 16.0. The molecule has 0 radical (unpaired) electrons. The monoisotopic (exact) mass is 467 g/mol. The van der Waals surface area contributed by atoms with Crippen LogP contribution in [0.4, 0.5) is 5.00 Å². The molecule has 3 aliphatic rings. The number of nitrogens with zero attached hydrogens (tertiary/aromatic N) is 4. The minimum atomic E-state index is -0.601. The van der Waals surface area contributed by atoms with Crippen molar-refractivity contribution >= 4 is 44.1 Å². The van der Waals surface area contributed by atoms with E-state index in [0.717, 1.165) is 67.7 Å². The van der Waals surface area contributed by atoms with Gasteiger partial charge in [0.05, 0.1) is 10.6 Å². The Kier molecular flexibility index (Phi) is 5.91. The summed E-state index contributed by atoms with van der Waals surface area (Å²) in [5.74, 6) is 1.16. The van der Waals surface area contributed by atoms with E-state index < -0.39 is 5.54 Å². The molecule has 1 spiro atoms. The van der Waals surface area contributed by atoms with Crippen LogP contribution in [0.25, 0.3) is 10.1 Å². The maximum Gasteiger partial charge on any atom is 0.257 e. The highest BCUT2D eigenvalue weighted by Gasteiger charge is 2.50. The third kappa shape index (κ3) is 3.73. The van der Waals surface area contributed by atoms with Crippen LogP contribution in [0.5, 0.6) is 0 Å². The molecule has 0 saturated carbocycles. The van der Waals surface area contributed by atoms with Gasteiger partial charge in [-0.3, -0.25) is 24.4 Å². The number of amides is 2. The number of amidine groups is 1. The summed E-state index contributed by atoms with van der Waals surface area (Å²) in [5, 5.41) is 1.56. The molecular formula is C25H33N5O2S. The third-order valence-electron chi connectivity index (χ3n) is 7.54. The molecule has 33 heavy (non-hydrogen) atoms. The van der Waals surface area contributed by atoms with Crippen molar-refractivity contribution in [3.05, 3.63) is 29.8 Å². The number of anilines is 1. The van der Waals surface area contributed by atoms with Gasteiger partial charge in [0, 0.05) is 48.7 Å². The van der Waals surface area contributed by atoms with Gasteiger partial charge in [-0.25, -0.2) is 0 Å². The topological polar surface area (TPSA) is 82.2 Å². The van der Waals surface area contributed by atoms with Crippen LogP contribution in [0.1, 0.15) is 56.3 Å². The van der Waals surface area contributed by atoms with Gasteiger partial charge < -0.3 is 10.6 Å². The fourth-order valence-corrected chi connectivity index (χ4v) is 6.81. The molecular weight excluding hydrogens is 434 g/mol. The molecule has 2 aromatic rings. The van der Waals surface area contributed by atoms with Crippen molar-refractivity contribution in [1.29, 1.82) is 0 Å². The van der Waals surface area contributed by atoms with E-state index in [0.29, 0.717) is 29.7 Å². The first kappa shape index (κ1) is 22.3. The lowest BCUT2D eigenvalue weighted by molar-refractivity contribution is -0.133. The number of hydrogen-bond acceptors (Lipinski definition) is 6. The van der Waals surface area contributed by atoms with Crippen LogP contribution < -0.4 is 5.73 Å². The number of hydrogen-bond donors (Lipinski definition) is 1. The number of fused-ring (bicyclic) bond motifs is 1. The Bertz CT molecular complexity index is 1100. The zero-order valence-corrected chi connectivity index (χ0v) is 20.4. The minimum absolute atomic E-state index is 0.0419. The SMILES string of the molecule is CCC1=NC2(CCCN(C3CCN(C(=O)c4c(N)sc5ccccc45)CC3)C2)C(=O)N1CC. The van der Waals surface area contributed by atoms with Gasteiger partial charge in [-0.15, -0.1) is 11.3 Å². The van der Waals surface area contributed by atoms with E-state index in [1.807, 2.05) is 41.0 Å². The van der Waals surface area contributed by atoms with Crippen LogP contribution >= 0.6 is 11.3 Å². The molecule has 1 atom stereocenters. The lowest BCUT2D eigenvalue weighted by Crippen LogP contribution is -2.57. The Morgan fingerprint density at radius 1 is 1.21 bits per heavy atom. The quantitative estimate of drug-likeness (QED) is 0.745. The molecule has 4 heterocycles. The highest BCUT2D eigenvalue weighted by molar-refractivity contribution is 7.23. The number of piperidine rings is 2. The van der Waals surface area contributed by atoms with Crippen molar-refractivity contribution in [1.82, 2.24) is 14.7 Å². The largest absolute Gasteiger partial charge is 0.390 e. The molecule has 0 bridgehead atoms. The van der Waals surface area contributed by atoms with Gasteiger partial charge in [0.25, 0.3) is 11.8 Å². The molecule has 2 saturated heterocycles. The summed E-state index contributed by atoms with van der Waals surface area (Å²) in [7, 11) is 0. The summed E-state index contributed by atoms with van der Waals surface area (Å²) in [6, 6.07) is 8.32. The summed E-state index contributed by atoms with van der Waals surface area (Å²) in [6.45, 7) is 7.92. The zero-order valence-electron chi connectivity index (χ0n) is 19.5. The molecule has 176 valence electrons. The normalized spacial score (nSPS) is 24.8. The average Bonchev–Trinajstić information content (AvgIpc) is 3.31. The van der Waals surface area contributed by atoms with Gasteiger partial charge in [-0.1, -0.05) is 25.1 Å². The maximum atomic E-state index is 13.3. The van der Waals surface area contributed by atoms with Crippen molar-refractivity contribution in [3.8, 4) is 0 Å². The second kappa shape index (κ2) is 8.72. The van der Waals surface area contributed by atoms with E-state index in [-0.39, 0.29) is 11.8 Å². The summed E-state index contributed by atoms with van der Waals surface area (Å²) in [5.41, 5.74) is 6.30. The summed E-state index contributed by atoms with van der Waals surface area (Å²) >= 11 is 1.48. The van der Waals surface area contributed by atoms with Gasteiger partial charge in [0.2, 0.25) is 0 Å². The number of rotatable bonds is 4. The van der Waals surface area contributed by atoms with E-state index in [9.17, 15) is 9.59 Å². The molecule has 3 aliphatic heterocycles. The summed E-state index contributed by atoms with van der Waals surface area (Å²) < 4.78 is 1.06. The Hall–Kier alpha value is -2.45. The number of carbonyl (C=O) groups is 2. The average molecular weight is 468 g/mol. The summed E-state index contributed by atoms with van der Waals surface area (Å²) in [6.07, 6.45) is 4.45. The van der Waals surface area contributed by atoms with E-state index in [2.05, 4.69) is 11.8 Å². The highest BCUT2D eigenvalue weighted by Crippen LogP contribution is 2.37. The molecule has 2 fully saturated rings. The lowest BCUT2D eigenvalue weighted by atomic mass is 9.87. The molecule has 1 unspecified atom stereocenters. The molecule has 5 rings (SSSR count). The number of benzene rings is 1. The highest BCUT2D eigenvalue weighted by atomic mass is 32.1. The number of nitrogens with two attached hydrogens (primary N) is 1. The van der Waals surface area contributed by atoms with Gasteiger partial charge in [0.15, 0.2) is 5.54 Å². The van der Waals surface area contributed by atoms with E-state index in [1.54, 1.807) is 0 Å². The first-order valence-electron chi connectivity index (χ1n) is 12.2. The third-order valence-corrected chi connectivity index (χ3v) is 8.54. The molecule has 2 N–H and O–H groups in total. The Morgan fingerprint density at radius 2 is 1.97 bits per heavy atom. The smallest absolute Gasteiger partial charge is 0.257 e. The van der Waals surface area contributed by atoms with Gasteiger partial charge in [-0.2, -0.15) is 0 Å². The number of thiophene rings is 1. The van der Waals surface area contributed by atoms with Gasteiger partial charge >= 0.3 is 0 Å². The number of likely N-dealkylation sites (N-methyl/N-ethyl adjacent to an activating group) is 1. The lowest BCUT2D eigenvalue weighted by Gasteiger charge is -2.44. The van der Waals surface area contributed by atoms with Crippen LogP contribution in [0.3, 0.4) is 0 Å². The molecule has 0 aliphatic carbocycles. The van der Waals surface area contributed by atoms with Crippen LogP contribution in [-0.2, 0) is 4.79 Å². The molecule has 1 aromatic heterocycles. The Labute approximate surface area is 199 Å². The zero-order chi connectivity index (χ0) is 23.2. The van der Waals surface area contributed by atoms with E-state index in [4.69, 9.17) is 10.7 Å². The van der Waals surface area contributed by atoms with Crippen LogP contribution in [0, 0.1) is 0 Å². The summed E-state index contributed by atoms with van der Waals surface area (Å²) in [4.78, 5) is 37.8. The Balaban J connectivity index is 1.27. The van der Waals surface area contributed by atoms with Crippen molar-refractivity contribution in [2.45, 2.75) is 57.5 Å². The molecule has 7 nitrogen and oxygen atoms in total. The van der Waals surface area contributed by atoms with Gasteiger partial charge in [0.1, 0.15) is 5.84 Å². The van der Waals surface area contributed by atoms with Crippen LogP contribution in [0.15, 0.2) is 29.3 Å². The second-order valence-corrected chi connectivity index (χ2v) is 10.5. The van der Waals surface area contributed by atoms with E-state index >= 15 is 0 Å². The Morgan fingerprint density at radius 3 is 2.67 bits per heavy atom. The predicted molar refractivity (Wildman–Crippen MR) is 134 cm³/mol. The second-order valence-electron chi connectivity index (χ2n) is 9.40. The number of likely N-dealkylation sites (tertiary alicyclic amines) is 2. The molecule has 1 aromatic carbocycles. The number of nitrogen functional groups attached to an aromatic ring is 1. The van der Waals surface area contributed by atoms with Crippen molar-refractivity contribution in [2.24, 2.45) is 4.99 Å². The first-order valence-corrected chi connectivity index (χ1v) is 13.0. The van der Waals surface area contributed by atoms with Crippen molar-refractivity contribution in [3.63, 3.8) is 0 Å². The predicted octanol–water partition coefficient (Wildman–Crippen LogP) is 3.59. The fraction of sp³-hybridized carbons (Fsp3) is 0.560. The number of carbonyl (C=O) groups excluding carboxylic acids is 2. The fourth-order valence-electron chi connectivity index (χ4n) is 5.84. The standard InChI is InChI=1S/C25H33N5O2S/c1-3-20-27-25(24(32)30(20)4-2)12-7-13-29(16-25)17-10-14-28(15-11-17)23(31)21-18-8-5-6-9-19(18)33-22(21)26/h5-6,8-9,17H,3-4,7,10-16,26H2,1-2H3. The van der Waals surface area contributed by atoms with Crippen molar-refractivity contribution in [2.75, 3.05) is 38.5 Å². The number of aliphatic imine (C=N–C) groups is 1. The molecule has 8 heteroatoms. The maximum absolute atomic E-state index is 13.3. The van der Waals surface area contributed by atoms with Crippen molar-refractivity contribution < 1.29 is 9.59 Å². The molecule has 2 amide bonds. The van der Waals surface area contributed by atoms with Crippen LogP contribution in [0.2, 0.25) is 0 Å².